The minimum atomic E-state index is -1.19. The maximum absolute atomic E-state index is 13.6. The van der Waals surface area contributed by atoms with E-state index in [0.717, 1.165) is 12.1 Å². The number of rotatable bonds is 2. The predicted octanol–water partition coefficient (Wildman–Crippen LogP) is 0.0820. The Balaban J connectivity index is 2.19. The van der Waals surface area contributed by atoms with Gasteiger partial charge >= 0.3 is 0 Å². The highest BCUT2D eigenvalue weighted by Gasteiger charge is 2.30. The van der Waals surface area contributed by atoms with Gasteiger partial charge in [0.1, 0.15) is 17.4 Å². The molecule has 1 aromatic rings. The third-order valence-electron chi connectivity index (χ3n) is 2.89. The van der Waals surface area contributed by atoms with E-state index in [1.54, 1.807) is 0 Å². The summed E-state index contributed by atoms with van der Waals surface area (Å²) in [5, 5.41) is 4.20. The number of halogens is 2. The Morgan fingerprint density at radius 2 is 2.05 bits per heavy atom. The van der Waals surface area contributed by atoms with E-state index in [4.69, 9.17) is 5.73 Å². The fourth-order valence-electron chi connectivity index (χ4n) is 1.84. The standard InChI is InChI=1S/C12H11F2N3O3/c13-5-1-2-6(15)10(14)9(5)12(20)16-7-3-4-8(18)17-11(7)19/h1-2,7H,3-4,15H2,(H,16,20)(H,17,18,19). The highest BCUT2D eigenvalue weighted by molar-refractivity contribution is 6.04. The van der Waals surface area contributed by atoms with Gasteiger partial charge in [-0.15, -0.1) is 0 Å². The second-order valence-corrected chi connectivity index (χ2v) is 4.30. The van der Waals surface area contributed by atoms with Crippen molar-refractivity contribution in [2.24, 2.45) is 0 Å². The molecule has 1 fully saturated rings. The summed E-state index contributed by atoms with van der Waals surface area (Å²) < 4.78 is 27.1. The lowest BCUT2D eigenvalue weighted by molar-refractivity contribution is -0.134. The number of anilines is 1. The normalized spacial score (nSPS) is 18.6. The maximum Gasteiger partial charge on any atom is 0.257 e. The van der Waals surface area contributed by atoms with Crippen LogP contribution in [0, 0.1) is 11.6 Å². The Morgan fingerprint density at radius 3 is 2.70 bits per heavy atom. The molecule has 0 saturated carbocycles. The first-order valence-electron chi connectivity index (χ1n) is 5.78. The molecule has 2 rings (SSSR count). The van der Waals surface area contributed by atoms with E-state index in [1.807, 2.05) is 5.32 Å². The molecule has 1 unspecified atom stereocenters. The average Bonchev–Trinajstić information content (AvgIpc) is 2.38. The first-order valence-corrected chi connectivity index (χ1v) is 5.78. The first kappa shape index (κ1) is 13.9. The third-order valence-corrected chi connectivity index (χ3v) is 2.89. The summed E-state index contributed by atoms with van der Waals surface area (Å²) in [5.74, 6) is -4.53. The minimum Gasteiger partial charge on any atom is -0.396 e. The van der Waals surface area contributed by atoms with Crippen molar-refractivity contribution in [1.82, 2.24) is 10.6 Å². The van der Waals surface area contributed by atoms with Gasteiger partial charge in [-0.3, -0.25) is 19.7 Å². The van der Waals surface area contributed by atoms with E-state index >= 15 is 0 Å². The molecule has 0 bridgehead atoms. The lowest BCUT2D eigenvalue weighted by Gasteiger charge is -2.22. The Bertz CT molecular complexity index is 604. The molecule has 4 N–H and O–H groups in total. The highest BCUT2D eigenvalue weighted by atomic mass is 19.1. The maximum atomic E-state index is 13.6. The Hall–Kier alpha value is -2.51. The monoisotopic (exact) mass is 283 g/mol. The SMILES string of the molecule is Nc1ccc(F)c(C(=O)NC2CCC(=O)NC2=O)c1F. The smallest absolute Gasteiger partial charge is 0.257 e. The van der Waals surface area contributed by atoms with Gasteiger partial charge in [0.05, 0.1) is 5.69 Å². The van der Waals surface area contributed by atoms with Gasteiger partial charge in [-0.05, 0) is 18.6 Å². The first-order chi connectivity index (χ1) is 9.40. The number of amides is 3. The highest BCUT2D eigenvalue weighted by Crippen LogP contribution is 2.19. The molecule has 1 aliphatic rings. The van der Waals surface area contributed by atoms with Crippen LogP contribution in [0.1, 0.15) is 23.2 Å². The Kier molecular flexibility index (Phi) is 3.64. The van der Waals surface area contributed by atoms with Crippen LogP contribution in [-0.2, 0) is 9.59 Å². The van der Waals surface area contributed by atoms with Crippen LogP contribution in [0.2, 0.25) is 0 Å². The van der Waals surface area contributed by atoms with E-state index in [0.29, 0.717) is 0 Å². The number of imide groups is 1. The Labute approximate surface area is 112 Å². The van der Waals surface area contributed by atoms with Crippen molar-refractivity contribution >= 4 is 23.4 Å². The van der Waals surface area contributed by atoms with Crippen molar-refractivity contribution in [1.29, 1.82) is 0 Å². The molecule has 1 heterocycles. The molecule has 0 radical (unpaired) electrons. The molecule has 6 nitrogen and oxygen atoms in total. The number of benzene rings is 1. The molecule has 0 aromatic heterocycles. The van der Waals surface area contributed by atoms with Crippen molar-refractivity contribution in [3.05, 3.63) is 29.3 Å². The third kappa shape index (κ3) is 2.58. The number of carbonyl (C=O) groups excluding carboxylic acids is 3. The summed E-state index contributed by atoms with van der Waals surface area (Å²) >= 11 is 0. The summed E-state index contributed by atoms with van der Waals surface area (Å²) in [6.07, 6.45) is 0.112. The van der Waals surface area contributed by atoms with Gasteiger partial charge in [-0.25, -0.2) is 8.78 Å². The van der Waals surface area contributed by atoms with Crippen molar-refractivity contribution in [3.8, 4) is 0 Å². The number of piperidine rings is 1. The second-order valence-electron chi connectivity index (χ2n) is 4.30. The van der Waals surface area contributed by atoms with Crippen LogP contribution < -0.4 is 16.4 Å². The van der Waals surface area contributed by atoms with E-state index < -0.39 is 41.0 Å². The number of hydrogen-bond donors (Lipinski definition) is 3. The minimum absolute atomic E-state index is 0.0403. The number of nitrogen functional groups attached to an aromatic ring is 1. The van der Waals surface area contributed by atoms with E-state index in [2.05, 4.69) is 5.32 Å². The van der Waals surface area contributed by atoms with Gasteiger partial charge in [0.25, 0.3) is 5.91 Å². The van der Waals surface area contributed by atoms with Crippen LogP contribution in [0.3, 0.4) is 0 Å². The van der Waals surface area contributed by atoms with Gasteiger partial charge in [0.15, 0.2) is 5.82 Å². The summed E-state index contributed by atoms with van der Waals surface area (Å²) in [6, 6.07) is 0.839. The molecule has 0 spiro atoms. The number of carbonyl (C=O) groups is 3. The second kappa shape index (κ2) is 5.24. The van der Waals surface area contributed by atoms with Crippen LogP contribution in [0.25, 0.3) is 0 Å². The molecular formula is C12H11F2N3O3. The van der Waals surface area contributed by atoms with Crippen molar-refractivity contribution in [2.75, 3.05) is 5.73 Å². The van der Waals surface area contributed by atoms with E-state index in [-0.39, 0.29) is 18.5 Å². The zero-order valence-electron chi connectivity index (χ0n) is 10.2. The van der Waals surface area contributed by atoms with Gasteiger partial charge in [-0.2, -0.15) is 0 Å². The fourth-order valence-corrected chi connectivity index (χ4v) is 1.84. The van der Waals surface area contributed by atoms with Crippen LogP contribution in [-0.4, -0.2) is 23.8 Å². The van der Waals surface area contributed by atoms with Crippen LogP contribution in [0.5, 0.6) is 0 Å². The zero-order valence-corrected chi connectivity index (χ0v) is 10.2. The topological polar surface area (TPSA) is 101 Å². The molecule has 3 amide bonds. The summed E-state index contributed by atoms with van der Waals surface area (Å²) in [6.45, 7) is 0. The molecule has 0 aliphatic carbocycles. The summed E-state index contributed by atoms with van der Waals surface area (Å²) in [5.41, 5.74) is 4.03. The van der Waals surface area contributed by atoms with Crippen molar-refractivity contribution < 1.29 is 23.2 Å². The van der Waals surface area contributed by atoms with E-state index in [9.17, 15) is 23.2 Å². The molecule has 8 heteroatoms. The molecule has 1 atom stereocenters. The van der Waals surface area contributed by atoms with Crippen molar-refractivity contribution in [2.45, 2.75) is 18.9 Å². The lowest BCUT2D eigenvalue weighted by Crippen LogP contribution is -2.52. The molecule has 1 aromatic carbocycles. The molecule has 1 aliphatic heterocycles. The number of nitrogens with one attached hydrogen (secondary N) is 2. The van der Waals surface area contributed by atoms with Gasteiger partial charge < -0.3 is 11.1 Å². The van der Waals surface area contributed by atoms with Gasteiger partial charge in [-0.1, -0.05) is 0 Å². The fraction of sp³-hybridized carbons (Fsp3) is 0.250. The Morgan fingerprint density at radius 1 is 1.35 bits per heavy atom. The largest absolute Gasteiger partial charge is 0.396 e. The summed E-state index contributed by atoms with van der Waals surface area (Å²) in [4.78, 5) is 34.2. The molecule has 1 saturated heterocycles. The summed E-state index contributed by atoms with van der Waals surface area (Å²) in [7, 11) is 0. The van der Waals surface area contributed by atoms with Crippen LogP contribution >= 0.6 is 0 Å². The van der Waals surface area contributed by atoms with Gasteiger partial charge in [0.2, 0.25) is 11.8 Å². The molecular weight excluding hydrogens is 272 g/mol. The van der Waals surface area contributed by atoms with Gasteiger partial charge in [0, 0.05) is 6.42 Å². The molecule has 20 heavy (non-hydrogen) atoms. The van der Waals surface area contributed by atoms with E-state index in [1.165, 1.54) is 0 Å². The quantitative estimate of drug-likeness (QED) is 0.528. The molecule has 106 valence electrons. The van der Waals surface area contributed by atoms with Crippen LogP contribution in [0.4, 0.5) is 14.5 Å². The number of hydrogen-bond acceptors (Lipinski definition) is 4. The average molecular weight is 283 g/mol. The lowest BCUT2D eigenvalue weighted by atomic mass is 10.0. The van der Waals surface area contributed by atoms with Crippen LogP contribution in [0.15, 0.2) is 12.1 Å². The van der Waals surface area contributed by atoms with Crippen molar-refractivity contribution in [3.63, 3.8) is 0 Å². The predicted molar refractivity (Wildman–Crippen MR) is 64.4 cm³/mol. The number of nitrogens with two attached hydrogens (primary N) is 1. The zero-order chi connectivity index (χ0) is 14.9.